The average Bonchev–Trinajstić information content (AvgIpc) is 2.78. The molecule has 0 aromatic carbocycles. The van der Waals surface area contributed by atoms with Gasteiger partial charge in [0.2, 0.25) is 5.09 Å². The van der Waals surface area contributed by atoms with Crippen LogP contribution >= 0.6 is 0 Å². The molecule has 0 unspecified atom stereocenters. The van der Waals surface area contributed by atoms with Gasteiger partial charge in [0, 0.05) is 6.04 Å². The minimum atomic E-state index is -3.59. The third-order valence-corrected chi connectivity index (χ3v) is 6.22. The van der Waals surface area contributed by atoms with Crippen molar-refractivity contribution in [3.05, 3.63) is 17.9 Å². The Morgan fingerprint density at radius 1 is 1.19 bits per heavy atom. The first kappa shape index (κ1) is 16.5. The molecule has 0 bridgehead atoms. The lowest BCUT2D eigenvalue weighted by Crippen LogP contribution is -2.29. The topological polar surface area (TPSA) is 71.3 Å². The standard InChI is InChI=1S/C15H26N2O3S/c1-6-9-16-10-11-7-8-12(20-11)21(18,19)17-13-14(2,3)15(13,4)5/h7-8,13,16-17H,6,9-10H2,1-5H3. The van der Waals surface area contributed by atoms with Crippen LogP contribution in [0.3, 0.4) is 0 Å². The van der Waals surface area contributed by atoms with E-state index in [1.165, 1.54) is 6.07 Å². The highest BCUT2D eigenvalue weighted by atomic mass is 32.2. The third kappa shape index (κ3) is 3.03. The number of nitrogens with one attached hydrogen (secondary N) is 2. The molecule has 2 rings (SSSR count). The molecule has 6 heteroatoms. The molecule has 0 spiro atoms. The Morgan fingerprint density at radius 3 is 2.33 bits per heavy atom. The predicted octanol–water partition coefficient (Wildman–Crippen LogP) is 2.49. The summed E-state index contributed by atoms with van der Waals surface area (Å²) in [4.78, 5) is 0. The van der Waals surface area contributed by atoms with Gasteiger partial charge in [-0.05, 0) is 35.9 Å². The largest absolute Gasteiger partial charge is 0.447 e. The molecule has 0 saturated heterocycles. The van der Waals surface area contributed by atoms with E-state index in [9.17, 15) is 8.42 Å². The van der Waals surface area contributed by atoms with Crippen LogP contribution < -0.4 is 10.0 Å². The maximum Gasteiger partial charge on any atom is 0.274 e. The van der Waals surface area contributed by atoms with Crippen molar-refractivity contribution in [3.63, 3.8) is 0 Å². The number of sulfonamides is 1. The Hall–Kier alpha value is -0.850. The van der Waals surface area contributed by atoms with Crippen molar-refractivity contribution in [3.8, 4) is 0 Å². The zero-order chi connectivity index (χ0) is 15.9. The summed E-state index contributed by atoms with van der Waals surface area (Å²) in [6.07, 6.45) is 1.03. The highest BCUT2D eigenvalue weighted by Gasteiger charge is 2.66. The predicted molar refractivity (Wildman–Crippen MR) is 82.4 cm³/mol. The molecule has 1 heterocycles. The Bertz CT molecular complexity index is 588. The lowest BCUT2D eigenvalue weighted by atomic mass is 10.0. The first-order valence-electron chi connectivity index (χ1n) is 7.44. The molecule has 120 valence electrons. The molecule has 5 nitrogen and oxygen atoms in total. The molecule has 0 radical (unpaired) electrons. The Morgan fingerprint density at radius 2 is 1.81 bits per heavy atom. The second-order valence-corrected chi connectivity index (χ2v) is 8.54. The smallest absolute Gasteiger partial charge is 0.274 e. The number of hydrogen-bond donors (Lipinski definition) is 2. The van der Waals surface area contributed by atoms with Crippen LogP contribution in [0.5, 0.6) is 0 Å². The molecule has 2 N–H and O–H groups in total. The van der Waals surface area contributed by atoms with Gasteiger partial charge in [-0.3, -0.25) is 0 Å². The highest BCUT2D eigenvalue weighted by Crippen LogP contribution is 2.62. The molecule has 1 aliphatic carbocycles. The van der Waals surface area contributed by atoms with Gasteiger partial charge < -0.3 is 9.73 Å². The molecule has 1 saturated carbocycles. The summed E-state index contributed by atoms with van der Waals surface area (Å²) >= 11 is 0. The summed E-state index contributed by atoms with van der Waals surface area (Å²) in [7, 11) is -3.59. The summed E-state index contributed by atoms with van der Waals surface area (Å²) in [6, 6.07) is 3.16. The molecule has 1 aromatic rings. The van der Waals surface area contributed by atoms with Crippen LogP contribution in [0, 0.1) is 10.8 Å². The third-order valence-electron chi connectivity index (χ3n) is 4.92. The van der Waals surface area contributed by atoms with Crippen LogP contribution in [0.25, 0.3) is 0 Å². The van der Waals surface area contributed by atoms with Gasteiger partial charge in [0.15, 0.2) is 0 Å². The van der Waals surface area contributed by atoms with E-state index < -0.39 is 10.0 Å². The first-order valence-corrected chi connectivity index (χ1v) is 8.93. The molecule has 1 fully saturated rings. The van der Waals surface area contributed by atoms with Gasteiger partial charge in [-0.15, -0.1) is 0 Å². The summed E-state index contributed by atoms with van der Waals surface area (Å²) in [5.74, 6) is 0.637. The molecule has 0 aliphatic heterocycles. The molecule has 0 atom stereocenters. The second kappa shape index (κ2) is 5.41. The van der Waals surface area contributed by atoms with Crippen LogP contribution in [0.1, 0.15) is 46.8 Å². The van der Waals surface area contributed by atoms with Crippen molar-refractivity contribution in [1.29, 1.82) is 0 Å². The zero-order valence-electron chi connectivity index (χ0n) is 13.5. The van der Waals surface area contributed by atoms with E-state index in [4.69, 9.17) is 4.42 Å². The van der Waals surface area contributed by atoms with Crippen molar-refractivity contribution in [2.75, 3.05) is 6.54 Å². The summed E-state index contributed by atoms with van der Waals surface area (Å²) < 4.78 is 33.0. The van der Waals surface area contributed by atoms with Gasteiger partial charge >= 0.3 is 0 Å². The van der Waals surface area contributed by atoms with Gasteiger partial charge in [0.1, 0.15) is 5.76 Å². The van der Waals surface area contributed by atoms with E-state index in [0.717, 1.165) is 13.0 Å². The van der Waals surface area contributed by atoms with E-state index in [2.05, 4.69) is 44.7 Å². The van der Waals surface area contributed by atoms with Crippen LogP contribution in [-0.4, -0.2) is 21.0 Å². The minimum absolute atomic E-state index is 0.00528. The van der Waals surface area contributed by atoms with Gasteiger partial charge in [0.05, 0.1) is 6.54 Å². The normalized spacial score (nSPS) is 20.6. The maximum atomic E-state index is 12.4. The number of rotatable bonds is 7. The average molecular weight is 314 g/mol. The number of furan rings is 1. The maximum absolute atomic E-state index is 12.4. The minimum Gasteiger partial charge on any atom is -0.447 e. The fraction of sp³-hybridized carbons (Fsp3) is 0.733. The fourth-order valence-corrected chi connectivity index (χ4v) is 4.17. The van der Waals surface area contributed by atoms with E-state index in [1.807, 2.05) is 0 Å². The van der Waals surface area contributed by atoms with E-state index in [-0.39, 0.29) is 22.0 Å². The molecular weight excluding hydrogens is 288 g/mol. The monoisotopic (exact) mass is 314 g/mol. The van der Waals surface area contributed by atoms with Crippen LogP contribution in [-0.2, 0) is 16.6 Å². The van der Waals surface area contributed by atoms with Gasteiger partial charge in [-0.1, -0.05) is 34.6 Å². The summed E-state index contributed by atoms with van der Waals surface area (Å²) in [5.41, 5.74) is -0.0870. The van der Waals surface area contributed by atoms with Crippen LogP contribution in [0.2, 0.25) is 0 Å². The van der Waals surface area contributed by atoms with Crippen molar-refractivity contribution in [2.45, 2.75) is 58.7 Å². The van der Waals surface area contributed by atoms with Crippen molar-refractivity contribution in [1.82, 2.24) is 10.0 Å². The zero-order valence-corrected chi connectivity index (χ0v) is 14.3. The SMILES string of the molecule is CCCNCc1ccc(S(=O)(=O)NC2C(C)(C)C2(C)C)o1. The molecule has 1 aliphatic rings. The van der Waals surface area contributed by atoms with Crippen LogP contribution in [0.4, 0.5) is 0 Å². The Labute approximate surface area is 127 Å². The first-order chi connectivity index (χ1) is 9.63. The van der Waals surface area contributed by atoms with Crippen molar-refractivity contribution >= 4 is 10.0 Å². The van der Waals surface area contributed by atoms with E-state index in [1.54, 1.807) is 6.07 Å². The van der Waals surface area contributed by atoms with Crippen molar-refractivity contribution in [2.24, 2.45) is 10.8 Å². The number of hydrogen-bond acceptors (Lipinski definition) is 4. The molecule has 21 heavy (non-hydrogen) atoms. The lowest BCUT2D eigenvalue weighted by Gasteiger charge is -2.06. The fourth-order valence-electron chi connectivity index (χ4n) is 2.69. The molecular formula is C15H26N2O3S. The van der Waals surface area contributed by atoms with E-state index >= 15 is 0 Å². The molecule has 0 amide bonds. The summed E-state index contributed by atoms with van der Waals surface area (Å²) in [6.45, 7) is 11.8. The van der Waals surface area contributed by atoms with Gasteiger partial charge in [-0.2, -0.15) is 0 Å². The Kier molecular flexibility index (Phi) is 4.26. The second-order valence-electron chi connectivity index (χ2n) is 6.90. The van der Waals surface area contributed by atoms with Crippen molar-refractivity contribution < 1.29 is 12.8 Å². The molecule has 1 aromatic heterocycles. The lowest BCUT2D eigenvalue weighted by molar-refractivity contribution is 0.398. The van der Waals surface area contributed by atoms with Crippen LogP contribution in [0.15, 0.2) is 21.6 Å². The Balaban J connectivity index is 2.04. The van der Waals surface area contributed by atoms with Gasteiger partial charge in [0.25, 0.3) is 10.0 Å². The highest BCUT2D eigenvalue weighted by molar-refractivity contribution is 7.89. The van der Waals surface area contributed by atoms with E-state index in [0.29, 0.717) is 12.3 Å². The van der Waals surface area contributed by atoms with Gasteiger partial charge in [-0.25, -0.2) is 13.1 Å². The quantitative estimate of drug-likeness (QED) is 0.759. The summed E-state index contributed by atoms with van der Waals surface area (Å²) in [5, 5.41) is 3.18.